The Morgan fingerprint density at radius 3 is 2.25 bits per heavy atom. The third-order valence-corrected chi connectivity index (χ3v) is 5.16. The van der Waals surface area contributed by atoms with Gasteiger partial charge in [-0.2, -0.15) is 5.10 Å². The summed E-state index contributed by atoms with van der Waals surface area (Å²) in [5, 5.41) is 13.0. The van der Waals surface area contributed by atoms with Crippen molar-refractivity contribution in [2.75, 3.05) is 25.1 Å². The molecule has 4 rings (SSSR count). The number of hydrogen-bond donors (Lipinski definition) is 0. The molecule has 0 bridgehead atoms. The van der Waals surface area contributed by atoms with Crippen LogP contribution in [0, 0.1) is 12.8 Å². The Bertz CT molecular complexity index is 942. The van der Waals surface area contributed by atoms with Gasteiger partial charge >= 0.3 is 0 Å². The van der Waals surface area contributed by atoms with E-state index in [2.05, 4.69) is 20.2 Å². The molecule has 0 aliphatic carbocycles. The first-order valence-corrected chi connectivity index (χ1v) is 9.43. The van der Waals surface area contributed by atoms with E-state index >= 15 is 0 Å². The lowest BCUT2D eigenvalue weighted by Crippen LogP contribution is -2.37. The molecule has 7 nitrogen and oxygen atoms in total. The van der Waals surface area contributed by atoms with Crippen molar-refractivity contribution >= 4 is 11.6 Å². The average molecular weight is 377 g/mol. The maximum atomic E-state index is 12.7. The largest absolute Gasteiger partial charge is 0.497 e. The fourth-order valence-electron chi connectivity index (χ4n) is 3.51. The topological polar surface area (TPSA) is 73.1 Å². The molecule has 0 spiro atoms. The molecule has 1 fully saturated rings. The summed E-state index contributed by atoms with van der Waals surface area (Å²) in [6.07, 6.45) is 3.49. The number of carbonyl (C=O) groups is 1. The van der Waals surface area contributed by atoms with Gasteiger partial charge in [-0.15, -0.1) is 10.2 Å². The van der Waals surface area contributed by atoms with Gasteiger partial charge in [0, 0.05) is 30.8 Å². The van der Waals surface area contributed by atoms with Gasteiger partial charge in [-0.05, 0) is 62.2 Å². The predicted molar refractivity (Wildman–Crippen MR) is 106 cm³/mol. The van der Waals surface area contributed by atoms with Gasteiger partial charge in [-0.1, -0.05) is 0 Å². The first kappa shape index (κ1) is 18.2. The van der Waals surface area contributed by atoms with Crippen LogP contribution in [0.25, 0.3) is 5.82 Å². The molecule has 0 amide bonds. The fourth-order valence-corrected chi connectivity index (χ4v) is 3.51. The van der Waals surface area contributed by atoms with Gasteiger partial charge in [0.1, 0.15) is 5.75 Å². The summed E-state index contributed by atoms with van der Waals surface area (Å²) in [4.78, 5) is 14.9. The summed E-state index contributed by atoms with van der Waals surface area (Å²) in [5.74, 6) is 2.55. The van der Waals surface area contributed by atoms with Crippen LogP contribution < -0.4 is 9.64 Å². The maximum Gasteiger partial charge on any atom is 0.175 e. The van der Waals surface area contributed by atoms with Gasteiger partial charge in [0.2, 0.25) is 0 Å². The van der Waals surface area contributed by atoms with E-state index in [-0.39, 0.29) is 11.7 Å². The van der Waals surface area contributed by atoms with E-state index in [0.29, 0.717) is 5.82 Å². The van der Waals surface area contributed by atoms with E-state index < -0.39 is 0 Å². The number of methoxy groups -OCH3 is 1. The summed E-state index contributed by atoms with van der Waals surface area (Å²) in [5.41, 5.74) is 1.69. The Balaban J connectivity index is 1.37. The quantitative estimate of drug-likeness (QED) is 0.636. The SMILES string of the molecule is COc1ccc(C(=O)C2CCN(c3ccc(-n4ccc(C)n4)nn3)CC2)cc1. The van der Waals surface area contributed by atoms with Crippen LogP contribution in [0.1, 0.15) is 28.9 Å². The smallest absolute Gasteiger partial charge is 0.175 e. The Morgan fingerprint density at radius 2 is 1.68 bits per heavy atom. The number of aryl methyl sites for hydroxylation is 1. The van der Waals surface area contributed by atoms with Crippen molar-refractivity contribution in [2.45, 2.75) is 19.8 Å². The first-order valence-electron chi connectivity index (χ1n) is 9.43. The number of hydrogen-bond acceptors (Lipinski definition) is 6. The highest BCUT2D eigenvalue weighted by Crippen LogP contribution is 2.25. The highest BCUT2D eigenvalue weighted by Gasteiger charge is 2.26. The number of rotatable bonds is 5. The van der Waals surface area contributed by atoms with Gasteiger partial charge in [0.25, 0.3) is 0 Å². The zero-order valence-corrected chi connectivity index (χ0v) is 16.1. The molecule has 3 heterocycles. The van der Waals surface area contributed by atoms with Crippen LogP contribution in [0.15, 0.2) is 48.7 Å². The number of ketones is 1. The third kappa shape index (κ3) is 3.74. The summed E-state index contributed by atoms with van der Waals surface area (Å²) >= 11 is 0. The molecule has 1 aliphatic heterocycles. The van der Waals surface area contributed by atoms with Crippen LogP contribution in [0.5, 0.6) is 5.75 Å². The van der Waals surface area contributed by atoms with E-state index in [1.54, 1.807) is 11.8 Å². The Morgan fingerprint density at radius 1 is 1.00 bits per heavy atom. The van der Waals surface area contributed by atoms with E-state index in [1.807, 2.05) is 55.6 Å². The monoisotopic (exact) mass is 377 g/mol. The van der Waals surface area contributed by atoms with E-state index in [0.717, 1.165) is 48.8 Å². The average Bonchev–Trinajstić information content (AvgIpc) is 3.20. The highest BCUT2D eigenvalue weighted by atomic mass is 16.5. The number of Topliss-reactive ketones (excluding diaryl/α,β-unsaturated/α-hetero) is 1. The van der Waals surface area contributed by atoms with Crippen molar-refractivity contribution in [1.29, 1.82) is 0 Å². The van der Waals surface area contributed by atoms with Crippen LogP contribution in [0.3, 0.4) is 0 Å². The molecule has 0 radical (unpaired) electrons. The number of carbonyl (C=O) groups excluding carboxylic acids is 1. The molecule has 1 aromatic carbocycles. The summed E-state index contributed by atoms with van der Waals surface area (Å²) in [6.45, 7) is 3.53. The molecule has 28 heavy (non-hydrogen) atoms. The molecule has 7 heteroatoms. The van der Waals surface area contributed by atoms with Gasteiger partial charge in [-0.25, -0.2) is 4.68 Å². The van der Waals surface area contributed by atoms with Gasteiger partial charge in [-0.3, -0.25) is 4.79 Å². The minimum atomic E-state index is 0.0453. The van der Waals surface area contributed by atoms with Crippen LogP contribution in [-0.2, 0) is 0 Å². The normalized spacial score (nSPS) is 14.9. The molecule has 0 saturated carbocycles. The van der Waals surface area contributed by atoms with Crippen LogP contribution in [0.2, 0.25) is 0 Å². The van der Waals surface area contributed by atoms with Gasteiger partial charge in [0.15, 0.2) is 17.4 Å². The second kappa shape index (κ2) is 7.80. The molecule has 0 atom stereocenters. The number of aromatic nitrogens is 4. The third-order valence-electron chi connectivity index (χ3n) is 5.16. The van der Waals surface area contributed by atoms with Crippen molar-refractivity contribution in [3.63, 3.8) is 0 Å². The Hall–Kier alpha value is -3.22. The van der Waals surface area contributed by atoms with Crippen molar-refractivity contribution in [3.05, 3.63) is 59.9 Å². The minimum absolute atomic E-state index is 0.0453. The zero-order valence-electron chi connectivity index (χ0n) is 16.1. The molecule has 0 unspecified atom stereocenters. The lowest BCUT2D eigenvalue weighted by atomic mass is 9.89. The summed E-state index contributed by atoms with van der Waals surface area (Å²) in [6, 6.07) is 13.2. The molecular weight excluding hydrogens is 354 g/mol. The molecule has 1 aliphatic rings. The number of benzene rings is 1. The van der Waals surface area contributed by atoms with Gasteiger partial charge in [0.05, 0.1) is 12.8 Å². The van der Waals surface area contributed by atoms with Crippen molar-refractivity contribution in [1.82, 2.24) is 20.0 Å². The minimum Gasteiger partial charge on any atom is -0.497 e. The van der Waals surface area contributed by atoms with Crippen molar-refractivity contribution in [2.24, 2.45) is 5.92 Å². The van der Waals surface area contributed by atoms with E-state index in [4.69, 9.17) is 4.74 Å². The number of piperidine rings is 1. The Kier molecular flexibility index (Phi) is 5.06. The lowest BCUT2D eigenvalue weighted by Gasteiger charge is -2.31. The second-order valence-electron chi connectivity index (χ2n) is 7.01. The van der Waals surface area contributed by atoms with Crippen LogP contribution in [0.4, 0.5) is 5.82 Å². The number of anilines is 1. The van der Waals surface area contributed by atoms with Crippen LogP contribution in [-0.4, -0.2) is 46.0 Å². The van der Waals surface area contributed by atoms with E-state index in [9.17, 15) is 4.79 Å². The number of nitrogens with zero attached hydrogens (tertiary/aromatic N) is 5. The number of ether oxygens (including phenoxy) is 1. The Labute approximate surface area is 164 Å². The maximum absolute atomic E-state index is 12.7. The molecule has 1 saturated heterocycles. The fraction of sp³-hybridized carbons (Fsp3) is 0.333. The lowest BCUT2D eigenvalue weighted by molar-refractivity contribution is 0.0900. The van der Waals surface area contributed by atoms with E-state index in [1.165, 1.54) is 0 Å². The summed E-state index contributed by atoms with van der Waals surface area (Å²) < 4.78 is 6.87. The van der Waals surface area contributed by atoms with Crippen LogP contribution >= 0.6 is 0 Å². The molecule has 2 aromatic heterocycles. The van der Waals surface area contributed by atoms with Crippen molar-refractivity contribution < 1.29 is 9.53 Å². The molecule has 144 valence electrons. The molecule has 3 aromatic rings. The molecular formula is C21H23N5O2. The summed E-state index contributed by atoms with van der Waals surface area (Å²) in [7, 11) is 1.62. The predicted octanol–water partition coefficient (Wildman–Crippen LogP) is 3.08. The second-order valence-corrected chi connectivity index (χ2v) is 7.01. The van der Waals surface area contributed by atoms with Gasteiger partial charge < -0.3 is 9.64 Å². The zero-order chi connectivity index (χ0) is 19.5. The highest BCUT2D eigenvalue weighted by molar-refractivity contribution is 5.98. The standard InChI is InChI=1S/C21H23N5O2/c1-15-9-14-26(24-15)20-8-7-19(22-23-20)25-12-10-17(11-13-25)21(27)16-3-5-18(28-2)6-4-16/h3-9,14,17H,10-13H2,1-2H3. The van der Waals surface area contributed by atoms with Crippen molar-refractivity contribution in [3.8, 4) is 11.6 Å². The molecule has 0 N–H and O–H groups in total. The first-order chi connectivity index (χ1) is 13.6.